The molecule has 1 unspecified atom stereocenters. The number of hydrogen-bond donors (Lipinski definition) is 1. The zero-order valence-electron chi connectivity index (χ0n) is 12.1. The number of rotatable bonds is 3. The highest BCUT2D eigenvalue weighted by molar-refractivity contribution is 5.39. The van der Waals surface area contributed by atoms with Gasteiger partial charge in [0.15, 0.2) is 0 Å². The molecule has 1 atom stereocenters. The highest BCUT2D eigenvalue weighted by Gasteiger charge is 2.23. The maximum absolute atomic E-state index is 5.78. The average Bonchev–Trinajstić information content (AvgIpc) is 2.58. The Labute approximate surface area is 110 Å². The predicted molar refractivity (Wildman–Crippen MR) is 75.9 cm³/mol. The van der Waals surface area contributed by atoms with E-state index in [9.17, 15) is 0 Å². The number of allylic oxidation sites excluding steroid dienone is 1. The van der Waals surface area contributed by atoms with Gasteiger partial charge in [0, 0.05) is 5.56 Å². The van der Waals surface area contributed by atoms with E-state index in [-0.39, 0.29) is 0 Å². The molecule has 1 aromatic heterocycles. The summed E-state index contributed by atoms with van der Waals surface area (Å²) in [5, 5.41) is 3.48. The van der Waals surface area contributed by atoms with Crippen LogP contribution in [-0.2, 0) is 0 Å². The van der Waals surface area contributed by atoms with Crippen LogP contribution in [0.1, 0.15) is 60.8 Å². The van der Waals surface area contributed by atoms with Crippen molar-refractivity contribution in [2.75, 3.05) is 7.05 Å². The Morgan fingerprint density at radius 3 is 2.50 bits per heavy atom. The van der Waals surface area contributed by atoms with Crippen LogP contribution >= 0.6 is 0 Å². The van der Waals surface area contributed by atoms with Gasteiger partial charge in [-0.2, -0.15) is 0 Å². The number of furan rings is 1. The lowest BCUT2D eigenvalue weighted by molar-refractivity contribution is 0.494. The minimum Gasteiger partial charge on any atom is -0.466 e. The number of likely N-dealkylation sites (N-methyl/N-ethyl adjacent to an activating group) is 1. The zero-order chi connectivity index (χ0) is 13.1. The van der Waals surface area contributed by atoms with E-state index in [1.54, 1.807) is 5.57 Å². The zero-order valence-corrected chi connectivity index (χ0v) is 12.1. The largest absolute Gasteiger partial charge is 0.466 e. The van der Waals surface area contributed by atoms with E-state index in [1.165, 1.54) is 43.2 Å². The summed E-state index contributed by atoms with van der Waals surface area (Å²) < 4.78 is 5.78. The van der Waals surface area contributed by atoms with Crippen LogP contribution in [0.5, 0.6) is 0 Å². The molecule has 1 aliphatic rings. The molecule has 0 radical (unpaired) electrons. The van der Waals surface area contributed by atoms with Gasteiger partial charge in [0.1, 0.15) is 11.5 Å². The van der Waals surface area contributed by atoms with Gasteiger partial charge in [0.2, 0.25) is 0 Å². The fourth-order valence-corrected chi connectivity index (χ4v) is 3.05. The Morgan fingerprint density at radius 2 is 1.89 bits per heavy atom. The second-order valence-corrected chi connectivity index (χ2v) is 5.35. The van der Waals surface area contributed by atoms with Gasteiger partial charge in [-0.1, -0.05) is 18.1 Å². The quantitative estimate of drug-likeness (QED) is 0.803. The molecule has 0 spiro atoms. The first-order chi connectivity index (χ1) is 8.65. The molecule has 0 fully saturated rings. The van der Waals surface area contributed by atoms with E-state index >= 15 is 0 Å². The van der Waals surface area contributed by atoms with Crippen LogP contribution in [-0.4, -0.2) is 7.05 Å². The van der Waals surface area contributed by atoms with Crippen molar-refractivity contribution in [3.8, 4) is 0 Å². The van der Waals surface area contributed by atoms with E-state index in [4.69, 9.17) is 4.42 Å². The molecule has 0 saturated carbocycles. The number of hydrogen-bond acceptors (Lipinski definition) is 2. The lowest BCUT2D eigenvalue weighted by Gasteiger charge is -2.20. The first kappa shape index (κ1) is 13.4. The molecular weight excluding hydrogens is 222 g/mol. The Bertz CT molecular complexity index is 442. The maximum Gasteiger partial charge on any atom is 0.106 e. The van der Waals surface area contributed by atoms with Crippen LogP contribution in [0.25, 0.3) is 0 Å². The van der Waals surface area contributed by atoms with E-state index in [2.05, 4.69) is 39.2 Å². The monoisotopic (exact) mass is 247 g/mol. The molecule has 0 aromatic carbocycles. The first-order valence-corrected chi connectivity index (χ1v) is 7.07. The Hall–Kier alpha value is -1.02. The molecule has 1 aliphatic carbocycles. The van der Waals surface area contributed by atoms with E-state index in [1.807, 2.05) is 0 Å². The fraction of sp³-hybridized carbons (Fsp3) is 0.625. The summed E-state index contributed by atoms with van der Waals surface area (Å²) in [6.07, 6.45) is 8.90. The van der Waals surface area contributed by atoms with Gasteiger partial charge in [-0.25, -0.2) is 0 Å². The highest BCUT2D eigenvalue weighted by atomic mass is 16.3. The van der Waals surface area contributed by atoms with Crippen molar-refractivity contribution in [2.45, 2.75) is 58.9 Å². The molecule has 2 nitrogen and oxygen atoms in total. The van der Waals surface area contributed by atoms with Crippen molar-refractivity contribution in [3.63, 3.8) is 0 Å². The highest BCUT2D eigenvalue weighted by Crippen LogP contribution is 2.34. The Kier molecular flexibility index (Phi) is 4.28. The first-order valence-electron chi connectivity index (χ1n) is 7.07. The second-order valence-electron chi connectivity index (χ2n) is 5.35. The van der Waals surface area contributed by atoms with Crippen molar-refractivity contribution in [1.29, 1.82) is 0 Å². The standard InChI is InChI=1S/C16H25NO/c1-11-12(2)18-13(3)15(11)16(17-4)14-9-7-5-6-8-10-14/h9,16-17H,5-8,10H2,1-4H3. The summed E-state index contributed by atoms with van der Waals surface area (Å²) in [6.45, 7) is 6.31. The predicted octanol–water partition coefficient (Wildman–Crippen LogP) is 4.36. The summed E-state index contributed by atoms with van der Waals surface area (Å²) in [6, 6.07) is 0.334. The van der Waals surface area contributed by atoms with Gasteiger partial charge in [0.05, 0.1) is 6.04 Å². The molecule has 2 rings (SSSR count). The van der Waals surface area contributed by atoms with Crippen LogP contribution in [0.2, 0.25) is 0 Å². The molecule has 1 N–H and O–H groups in total. The normalized spacial score (nSPS) is 18.3. The number of nitrogens with one attached hydrogen (secondary N) is 1. The molecule has 1 aromatic rings. The summed E-state index contributed by atoms with van der Waals surface area (Å²) in [5.41, 5.74) is 4.20. The summed E-state index contributed by atoms with van der Waals surface area (Å²) in [7, 11) is 2.05. The van der Waals surface area contributed by atoms with Gasteiger partial charge in [-0.15, -0.1) is 0 Å². The Balaban J connectivity index is 2.35. The van der Waals surface area contributed by atoms with Crippen molar-refractivity contribution in [2.24, 2.45) is 0 Å². The number of aryl methyl sites for hydroxylation is 2. The molecule has 1 heterocycles. The summed E-state index contributed by atoms with van der Waals surface area (Å²) in [5.74, 6) is 2.12. The Morgan fingerprint density at radius 1 is 1.11 bits per heavy atom. The van der Waals surface area contributed by atoms with Crippen molar-refractivity contribution in [1.82, 2.24) is 5.32 Å². The SMILES string of the molecule is CNC(C1=CCCCCC1)c1c(C)oc(C)c1C. The average molecular weight is 247 g/mol. The lowest BCUT2D eigenvalue weighted by atomic mass is 9.92. The third-order valence-corrected chi connectivity index (χ3v) is 4.14. The van der Waals surface area contributed by atoms with Crippen molar-refractivity contribution in [3.05, 3.63) is 34.3 Å². The van der Waals surface area contributed by atoms with E-state index in [0.717, 1.165) is 11.5 Å². The van der Waals surface area contributed by atoms with E-state index < -0.39 is 0 Å². The van der Waals surface area contributed by atoms with Crippen LogP contribution in [0.4, 0.5) is 0 Å². The second kappa shape index (κ2) is 5.75. The van der Waals surface area contributed by atoms with Crippen LogP contribution in [0, 0.1) is 20.8 Å². The smallest absolute Gasteiger partial charge is 0.106 e. The summed E-state index contributed by atoms with van der Waals surface area (Å²) >= 11 is 0. The van der Waals surface area contributed by atoms with Gasteiger partial charge in [0.25, 0.3) is 0 Å². The van der Waals surface area contributed by atoms with Crippen LogP contribution in [0.15, 0.2) is 16.1 Å². The van der Waals surface area contributed by atoms with Gasteiger partial charge < -0.3 is 9.73 Å². The fourth-order valence-electron chi connectivity index (χ4n) is 3.05. The van der Waals surface area contributed by atoms with Crippen LogP contribution in [0.3, 0.4) is 0 Å². The van der Waals surface area contributed by atoms with Crippen molar-refractivity contribution < 1.29 is 4.42 Å². The van der Waals surface area contributed by atoms with Gasteiger partial charge in [-0.05, 0) is 59.1 Å². The third-order valence-electron chi connectivity index (χ3n) is 4.14. The maximum atomic E-state index is 5.78. The molecule has 0 aliphatic heterocycles. The molecule has 0 bridgehead atoms. The van der Waals surface area contributed by atoms with Gasteiger partial charge in [-0.3, -0.25) is 0 Å². The molecular formula is C16H25NO. The molecule has 2 heteroatoms. The van der Waals surface area contributed by atoms with Crippen molar-refractivity contribution >= 4 is 0 Å². The molecule has 0 saturated heterocycles. The molecule has 18 heavy (non-hydrogen) atoms. The third kappa shape index (κ3) is 2.54. The van der Waals surface area contributed by atoms with Gasteiger partial charge >= 0.3 is 0 Å². The van der Waals surface area contributed by atoms with Crippen LogP contribution < -0.4 is 5.32 Å². The summed E-state index contributed by atoms with van der Waals surface area (Å²) in [4.78, 5) is 0. The topological polar surface area (TPSA) is 25.2 Å². The molecule has 100 valence electrons. The molecule has 0 amide bonds. The minimum atomic E-state index is 0.334. The van der Waals surface area contributed by atoms with E-state index in [0.29, 0.717) is 6.04 Å². The lowest BCUT2D eigenvalue weighted by Crippen LogP contribution is -2.20. The minimum absolute atomic E-state index is 0.334.